The quantitative estimate of drug-likeness (QED) is 0.661. The first-order valence-electron chi connectivity index (χ1n) is 9.40. The fraction of sp³-hybridized carbons (Fsp3) is 0.474. The lowest BCUT2D eigenvalue weighted by atomic mass is 9.97. The molecule has 3 heterocycles. The van der Waals surface area contributed by atoms with Crippen molar-refractivity contribution in [3.05, 3.63) is 39.3 Å². The van der Waals surface area contributed by atoms with E-state index < -0.39 is 0 Å². The first-order chi connectivity index (χ1) is 13.1. The lowest BCUT2D eigenvalue weighted by molar-refractivity contribution is -0.121. The van der Waals surface area contributed by atoms with Gasteiger partial charge in [0.15, 0.2) is 0 Å². The minimum absolute atomic E-state index is 0.0227. The van der Waals surface area contributed by atoms with Gasteiger partial charge in [-0.25, -0.2) is 0 Å². The number of amides is 1. The summed E-state index contributed by atoms with van der Waals surface area (Å²) in [5.41, 5.74) is 2.20. The van der Waals surface area contributed by atoms with Crippen molar-refractivity contribution in [3.63, 3.8) is 0 Å². The molecule has 8 heteroatoms. The summed E-state index contributed by atoms with van der Waals surface area (Å²) in [7, 11) is 1.70. The number of aryl methyl sites for hydroxylation is 2. The highest BCUT2D eigenvalue weighted by Gasteiger charge is 2.16. The summed E-state index contributed by atoms with van der Waals surface area (Å²) >= 11 is 1.41. The standard InChI is InChI=1S/C19H23N5O2S/c1-23-18(26)17-14(10-12-27-17)24-15(21-22-19(23)24)7-8-16(25)20-11-9-13-5-3-2-4-6-13/h5,10,12H,2-4,6-9,11H2,1H3,(H,20,25). The Hall–Kier alpha value is -2.48. The van der Waals surface area contributed by atoms with Gasteiger partial charge in [-0.3, -0.25) is 18.6 Å². The van der Waals surface area contributed by atoms with Gasteiger partial charge in [-0.05, 0) is 43.6 Å². The van der Waals surface area contributed by atoms with Crippen molar-refractivity contribution in [3.8, 4) is 0 Å². The lowest BCUT2D eigenvalue weighted by Crippen LogP contribution is -2.25. The number of allylic oxidation sites excluding steroid dienone is 1. The average Bonchev–Trinajstić information content (AvgIpc) is 3.32. The summed E-state index contributed by atoms with van der Waals surface area (Å²) < 4.78 is 4.07. The molecule has 0 unspecified atom stereocenters. The molecule has 0 fully saturated rings. The van der Waals surface area contributed by atoms with E-state index in [0.717, 1.165) is 18.4 Å². The largest absolute Gasteiger partial charge is 0.356 e. The first-order valence-corrected chi connectivity index (χ1v) is 10.3. The number of fused-ring (bicyclic) bond motifs is 3. The summed E-state index contributed by atoms with van der Waals surface area (Å²) in [4.78, 5) is 24.6. The number of thiophene rings is 1. The minimum atomic E-state index is -0.0683. The molecule has 0 aromatic carbocycles. The van der Waals surface area contributed by atoms with E-state index in [1.165, 1.54) is 40.7 Å². The van der Waals surface area contributed by atoms with Gasteiger partial charge in [0, 0.05) is 26.4 Å². The van der Waals surface area contributed by atoms with E-state index >= 15 is 0 Å². The SMILES string of the molecule is Cn1c(=O)c2sccc2n2c(CCC(=O)NCCC3=CCCCC3)nnc12. The van der Waals surface area contributed by atoms with Crippen LogP contribution in [0, 0.1) is 0 Å². The van der Waals surface area contributed by atoms with Gasteiger partial charge in [-0.1, -0.05) is 11.6 Å². The van der Waals surface area contributed by atoms with Crippen LogP contribution in [0.1, 0.15) is 44.3 Å². The van der Waals surface area contributed by atoms with Gasteiger partial charge >= 0.3 is 0 Å². The smallest absolute Gasteiger partial charge is 0.272 e. The van der Waals surface area contributed by atoms with Crippen molar-refractivity contribution >= 4 is 33.2 Å². The van der Waals surface area contributed by atoms with Crippen LogP contribution in [0.3, 0.4) is 0 Å². The van der Waals surface area contributed by atoms with Crippen LogP contribution in [-0.4, -0.2) is 31.6 Å². The second kappa shape index (κ2) is 7.64. The Labute approximate surface area is 160 Å². The van der Waals surface area contributed by atoms with Crippen molar-refractivity contribution in [1.82, 2.24) is 24.5 Å². The number of hydrogen-bond donors (Lipinski definition) is 1. The Morgan fingerprint density at radius 1 is 1.30 bits per heavy atom. The zero-order valence-corrected chi connectivity index (χ0v) is 16.2. The molecule has 7 nitrogen and oxygen atoms in total. The Bertz CT molecular complexity index is 1080. The molecule has 1 amide bonds. The molecule has 142 valence electrons. The maximum atomic E-state index is 12.4. The van der Waals surface area contributed by atoms with E-state index in [0.29, 0.717) is 35.7 Å². The van der Waals surface area contributed by atoms with Crippen molar-refractivity contribution in [1.29, 1.82) is 0 Å². The number of hydrogen-bond acceptors (Lipinski definition) is 5. The van der Waals surface area contributed by atoms with Crippen LogP contribution in [-0.2, 0) is 18.3 Å². The first kappa shape index (κ1) is 17.9. The molecular formula is C19H23N5O2S. The van der Waals surface area contributed by atoms with Crippen molar-refractivity contribution < 1.29 is 4.79 Å². The van der Waals surface area contributed by atoms with E-state index in [9.17, 15) is 9.59 Å². The van der Waals surface area contributed by atoms with Gasteiger partial charge in [0.25, 0.3) is 5.56 Å². The second-order valence-corrected chi connectivity index (χ2v) is 7.87. The van der Waals surface area contributed by atoms with E-state index in [4.69, 9.17) is 0 Å². The fourth-order valence-corrected chi connectivity index (χ4v) is 4.47. The van der Waals surface area contributed by atoms with E-state index in [-0.39, 0.29) is 11.5 Å². The summed E-state index contributed by atoms with van der Waals surface area (Å²) in [5, 5.41) is 13.3. The van der Waals surface area contributed by atoms with Crippen LogP contribution < -0.4 is 10.9 Å². The monoisotopic (exact) mass is 385 g/mol. The van der Waals surface area contributed by atoms with Gasteiger partial charge in [-0.2, -0.15) is 0 Å². The highest BCUT2D eigenvalue weighted by molar-refractivity contribution is 7.17. The van der Waals surface area contributed by atoms with Crippen LogP contribution in [0.2, 0.25) is 0 Å². The number of aromatic nitrogens is 4. The van der Waals surface area contributed by atoms with E-state index in [2.05, 4.69) is 21.6 Å². The number of carbonyl (C=O) groups excluding carboxylic acids is 1. The van der Waals surface area contributed by atoms with Gasteiger partial charge in [-0.15, -0.1) is 21.5 Å². The van der Waals surface area contributed by atoms with Crippen LogP contribution in [0.15, 0.2) is 27.9 Å². The van der Waals surface area contributed by atoms with E-state index in [1.54, 1.807) is 7.05 Å². The Balaban J connectivity index is 1.42. The third kappa shape index (κ3) is 3.53. The maximum absolute atomic E-state index is 12.4. The molecule has 27 heavy (non-hydrogen) atoms. The predicted molar refractivity (Wildman–Crippen MR) is 106 cm³/mol. The molecule has 1 N–H and O–H groups in total. The van der Waals surface area contributed by atoms with Crippen LogP contribution >= 0.6 is 11.3 Å². The van der Waals surface area contributed by atoms with Gasteiger partial charge in [0.2, 0.25) is 11.7 Å². The molecule has 0 saturated carbocycles. The van der Waals surface area contributed by atoms with Crippen molar-refractivity contribution in [2.45, 2.75) is 44.9 Å². The number of carbonyl (C=O) groups is 1. The van der Waals surface area contributed by atoms with Gasteiger partial charge in [0.1, 0.15) is 10.5 Å². The summed E-state index contributed by atoms with van der Waals surface area (Å²) in [6, 6.07) is 1.90. The summed E-state index contributed by atoms with van der Waals surface area (Å²) in [6.45, 7) is 0.689. The van der Waals surface area contributed by atoms with Crippen LogP contribution in [0.25, 0.3) is 16.0 Å². The molecule has 3 aromatic rings. The zero-order chi connectivity index (χ0) is 18.8. The highest BCUT2D eigenvalue weighted by Crippen LogP contribution is 2.20. The molecule has 0 saturated heterocycles. The molecular weight excluding hydrogens is 362 g/mol. The Morgan fingerprint density at radius 2 is 2.19 bits per heavy atom. The molecule has 0 spiro atoms. The molecule has 4 rings (SSSR count). The van der Waals surface area contributed by atoms with Gasteiger partial charge in [0.05, 0.1) is 5.52 Å². The Morgan fingerprint density at radius 3 is 3.00 bits per heavy atom. The maximum Gasteiger partial charge on any atom is 0.272 e. The molecule has 0 bridgehead atoms. The molecule has 3 aromatic heterocycles. The Kier molecular flexibility index (Phi) is 5.07. The topological polar surface area (TPSA) is 81.3 Å². The normalized spacial score (nSPS) is 14.6. The molecule has 1 aliphatic carbocycles. The van der Waals surface area contributed by atoms with Crippen molar-refractivity contribution in [2.75, 3.05) is 6.54 Å². The molecule has 0 aliphatic heterocycles. The highest BCUT2D eigenvalue weighted by atomic mass is 32.1. The van der Waals surface area contributed by atoms with E-state index in [1.807, 2.05) is 15.8 Å². The minimum Gasteiger partial charge on any atom is -0.356 e. The third-order valence-corrected chi connectivity index (χ3v) is 6.02. The second-order valence-electron chi connectivity index (χ2n) is 6.96. The number of nitrogens with one attached hydrogen (secondary N) is 1. The fourth-order valence-electron chi connectivity index (χ4n) is 3.62. The summed E-state index contributed by atoms with van der Waals surface area (Å²) in [5.74, 6) is 1.23. The zero-order valence-electron chi connectivity index (χ0n) is 15.4. The molecule has 1 aliphatic rings. The van der Waals surface area contributed by atoms with Crippen LogP contribution in [0.4, 0.5) is 0 Å². The lowest BCUT2D eigenvalue weighted by Gasteiger charge is -2.12. The van der Waals surface area contributed by atoms with Crippen molar-refractivity contribution in [2.24, 2.45) is 7.05 Å². The average molecular weight is 385 g/mol. The third-order valence-electron chi connectivity index (χ3n) is 5.13. The predicted octanol–water partition coefficient (Wildman–Crippen LogP) is 2.58. The van der Waals surface area contributed by atoms with Gasteiger partial charge < -0.3 is 5.32 Å². The number of rotatable bonds is 6. The molecule has 0 atom stereocenters. The molecule has 0 radical (unpaired) electrons. The summed E-state index contributed by atoms with van der Waals surface area (Å²) in [6.07, 6.45) is 8.98. The van der Waals surface area contributed by atoms with Crippen LogP contribution in [0.5, 0.6) is 0 Å². The number of nitrogens with zero attached hydrogens (tertiary/aromatic N) is 4.